The molecule has 2 unspecified atom stereocenters. The van der Waals surface area contributed by atoms with Gasteiger partial charge in [-0.15, -0.1) is 12.4 Å². The van der Waals surface area contributed by atoms with Crippen LogP contribution in [0.15, 0.2) is 23.0 Å². The monoisotopic (exact) mass is 575 g/mol. The Morgan fingerprint density at radius 3 is 1.46 bits per heavy atom. The summed E-state index contributed by atoms with van der Waals surface area (Å²) in [4.78, 5) is 11.6. The van der Waals surface area contributed by atoms with Crippen LogP contribution >= 0.6 is 12.4 Å². The summed E-state index contributed by atoms with van der Waals surface area (Å²) in [7, 11) is 0. The van der Waals surface area contributed by atoms with Crippen molar-refractivity contribution in [3.05, 3.63) is 23.0 Å². The Bertz CT molecular complexity index is 999. The van der Waals surface area contributed by atoms with Crippen LogP contribution in [0.2, 0.25) is 0 Å². The number of Topliss-reactive ketones (excluding diaryl/α,β-unsaturated/α-hetero) is 1. The molecule has 10 heterocycles. The zero-order chi connectivity index (χ0) is 25.4. The average molecular weight is 576 g/mol. The first-order chi connectivity index (χ1) is 17.1. The molecule has 0 aromatic rings. The molecule has 9 nitrogen and oxygen atoms in total. The second kappa shape index (κ2) is 10.9. The Kier molecular flexibility index (Phi) is 8.85. The molecule has 0 spiro atoms. The second-order valence-electron chi connectivity index (χ2n) is 12.1. The van der Waals surface area contributed by atoms with Gasteiger partial charge in [-0.1, -0.05) is 41.5 Å². The smallest absolute Gasteiger partial charge is 1.00 e. The standard InChI is InChI=1S/C9H14O3.C9H12O3.C9H10O3.B.ClH.Na.H/c1-3-6-4(2)8-9(11-6)5(10)7(3)12-8;2*1-3-5(10)4(2)7-9-8(12-9)6(3)11-7;;;;/h3-10H,1-2H3;3-7,10H,1-2H3;3-4,6-7H,1-2H3;;1H;;/q;;;;;+1;-1/t3-,4+,5+,6+,7+,8-,9?;3-,4+,5?,6+,7-;3-,4+,6+,7-;;;;/m1....../s1. The van der Waals surface area contributed by atoms with Crippen molar-refractivity contribution in [2.75, 3.05) is 0 Å². The van der Waals surface area contributed by atoms with Gasteiger partial charge in [0.1, 0.15) is 42.4 Å². The third-order valence-corrected chi connectivity index (χ3v) is 10.00. The van der Waals surface area contributed by atoms with Gasteiger partial charge in [0.05, 0.1) is 24.4 Å². The van der Waals surface area contributed by atoms with E-state index in [1.807, 2.05) is 27.7 Å². The molecule has 0 aliphatic carbocycles. The largest absolute Gasteiger partial charge is 1.00 e. The second-order valence-corrected chi connectivity index (χ2v) is 12.1. The number of aliphatic hydroxyl groups is 2. The van der Waals surface area contributed by atoms with Gasteiger partial charge in [-0.25, -0.2) is 0 Å². The van der Waals surface area contributed by atoms with Crippen LogP contribution in [0, 0.1) is 35.5 Å². The van der Waals surface area contributed by atoms with Gasteiger partial charge in [-0.05, 0) is 0 Å². The number of carbonyl (C=O) groups is 1. The molecular weight excluding hydrogens is 538 g/mol. The molecule has 8 bridgehead atoms. The van der Waals surface area contributed by atoms with E-state index in [4.69, 9.17) is 28.4 Å². The summed E-state index contributed by atoms with van der Waals surface area (Å²) in [6.07, 6.45) is -0.194. The summed E-state index contributed by atoms with van der Waals surface area (Å²) in [6.45, 7) is 12.1. The summed E-state index contributed by atoms with van der Waals surface area (Å²) in [5, 5.41) is 19.5. The molecule has 2 N–H and O–H groups in total. The molecule has 211 valence electrons. The number of hydrogen-bond donors (Lipinski definition) is 2. The van der Waals surface area contributed by atoms with Crippen LogP contribution < -0.4 is 29.6 Å². The summed E-state index contributed by atoms with van der Waals surface area (Å²) in [5.41, 5.74) is 0. The van der Waals surface area contributed by atoms with E-state index in [9.17, 15) is 15.0 Å². The SMILES string of the molecule is C[C@@H]1C(=O)[C@H](C)[C@H]2O[C@@H]1C1=C2O1.C[C@@H]1C(O)[C@H](C)[C@H]2O[C@@H]1C1=C2O1.C[C@@H]1[C@@H]2OC3[C@@H](O)[C@H]1O[C@@H]3[C@H]2C.Cl.[B].[H-].[Na+]. The number of aliphatic hydroxyl groups excluding tert-OH is 2. The van der Waals surface area contributed by atoms with Crippen molar-refractivity contribution in [2.45, 2.75) is 103 Å². The maximum Gasteiger partial charge on any atom is 1.00 e. The molecule has 10 rings (SSSR count). The van der Waals surface area contributed by atoms with E-state index in [0.717, 1.165) is 23.0 Å². The van der Waals surface area contributed by atoms with Gasteiger partial charge >= 0.3 is 29.6 Å². The molecule has 3 radical (unpaired) electrons. The van der Waals surface area contributed by atoms with Crippen LogP contribution in [0.1, 0.15) is 43.0 Å². The Morgan fingerprint density at radius 1 is 0.564 bits per heavy atom. The van der Waals surface area contributed by atoms with Crippen LogP contribution in [0.25, 0.3) is 0 Å². The quantitative estimate of drug-likeness (QED) is 0.344. The van der Waals surface area contributed by atoms with Gasteiger partial charge in [-0.2, -0.15) is 0 Å². The average Bonchev–Trinajstić information content (AvgIpc) is 3.72. The minimum absolute atomic E-state index is 0. The number of carbonyl (C=O) groups excluding carboxylic acids is 1. The van der Waals surface area contributed by atoms with Crippen molar-refractivity contribution in [1.82, 2.24) is 0 Å². The van der Waals surface area contributed by atoms with Crippen LogP contribution in [0.5, 0.6) is 0 Å². The Balaban J connectivity index is 0.000000157. The van der Waals surface area contributed by atoms with E-state index in [1.54, 1.807) is 0 Å². The topological polar surface area (TPSA) is 120 Å². The molecular formula is C27H38BClNaO9. The number of hydrogen-bond acceptors (Lipinski definition) is 9. The van der Waals surface area contributed by atoms with Crippen LogP contribution in [0.3, 0.4) is 0 Å². The van der Waals surface area contributed by atoms with Crippen LogP contribution in [-0.2, 0) is 33.2 Å². The van der Waals surface area contributed by atoms with Gasteiger partial charge in [-0.3, -0.25) is 4.79 Å². The zero-order valence-corrected chi connectivity index (χ0v) is 26.3. The molecule has 12 heteroatoms. The van der Waals surface area contributed by atoms with Crippen molar-refractivity contribution >= 4 is 26.6 Å². The molecule has 10 aliphatic heterocycles. The molecule has 0 aromatic heterocycles. The Hall–Kier alpha value is -0.135. The van der Waals surface area contributed by atoms with E-state index in [2.05, 4.69) is 13.8 Å². The first-order valence-electron chi connectivity index (χ1n) is 13.5. The maximum atomic E-state index is 11.6. The van der Waals surface area contributed by atoms with Crippen molar-refractivity contribution in [2.24, 2.45) is 35.5 Å². The zero-order valence-electron chi connectivity index (χ0n) is 24.5. The summed E-state index contributed by atoms with van der Waals surface area (Å²) in [5.74, 6) is 5.28. The van der Waals surface area contributed by atoms with Gasteiger partial charge in [0.15, 0.2) is 23.0 Å². The first kappa shape index (κ1) is 31.8. The van der Waals surface area contributed by atoms with Crippen molar-refractivity contribution in [3.8, 4) is 0 Å². The van der Waals surface area contributed by atoms with Crippen molar-refractivity contribution in [1.29, 1.82) is 0 Å². The predicted molar refractivity (Wildman–Crippen MR) is 137 cm³/mol. The predicted octanol–water partition coefficient (Wildman–Crippen LogP) is -1.18. The van der Waals surface area contributed by atoms with Crippen LogP contribution in [-0.4, -0.2) is 85.4 Å². The van der Waals surface area contributed by atoms with E-state index < -0.39 is 0 Å². The molecule has 6 saturated heterocycles. The van der Waals surface area contributed by atoms with Gasteiger partial charge in [0.25, 0.3) is 0 Å². The fourth-order valence-corrected chi connectivity index (χ4v) is 7.53. The van der Waals surface area contributed by atoms with Gasteiger partial charge < -0.3 is 40.1 Å². The fraction of sp³-hybridized carbons (Fsp3) is 0.815. The van der Waals surface area contributed by atoms with Gasteiger partial charge in [0, 0.05) is 43.9 Å². The molecule has 16 atom stereocenters. The molecule has 39 heavy (non-hydrogen) atoms. The van der Waals surface area contributed by atoms with E-state index in [1.165, 1.54) is 0 Å². The van der Waals surface area contributed by atoms with Crippen molar-refractivity contribution in [3.63, 3.8) is 0 Å². The summed E-state index contributed by atoms with van der Waals surface area (Å²) < 4.78 is 33.3. The Labute approximate surface area is 261 Å². The first-order valence-corrected chi connectivity index (χ1v) is 13.5. The molecule has 0 aromatic carbocycles. The maximum absolute atomic E-state index is 11.6. The molecule has 6 fully saturated rings. The van der Waals surface area contributed by atoms with Crippen molar-refractivity contribution < 1.29 is 74.4 Å². The molecule has 0 saturated carbocycles. The number of ketones is 1. The number of fused-ring (bicyclic) bond motifs is 8. The van der Waals surface area contributed by atoms with E-state index in [0.29, 0.717) is 23.7 Å². The minimum Gasteiger partial charge on any atom is -1.00 e. The minimum atomic E-state index is -0.383. The van der Waals surface area contributed by atoms with Crippen LogP contribution in [0.4, 0.5) is 0 Å². The Morgan fingerprint density at radius 2 is 0.974 bits per heavy atom. The summed E-state index contributed by atoms with van der Waals surface area (Å²) in [6, 6.07) is 0. The summed E-state index contributed by atoms with van der Waals surface area (Å²) >= 11 is 0. The van der Waals surface area contributed by atoms with Gasteiger partial charge in [0.2, 0.25) is 0 Å². The third-order valence-electron chi connectivity index (χ3n) is 10.00. The van der Waals surface area contributed by atoms with E-state index in [-0.39, 0.29) is 130 Å². The normalized spacial score (nSPS) is 52.9. The van der Waals surface area contributed by atoms with E-state index >= 15 is 0 Å². The third kappa shape index (κ3) is 4.51. The number of halogens is 1. The molecule has 0 amide bonds. The molecule has 10 aliphatic rings. The fourth-order valence-electron chi connectivity index (χ4n) is 7.53. The number of rotatable bonds is 0. The number of ether oxygens (including phenoxy) is 6.